The Balaban J connectivity index is 4.02. The fourth-order valence-corrected chi connectivity index (χ4v) is 0.597. The van der Waals surface area contributed by atoms with E-state index in [9.17, 15) is 4.79 Å². The summed E-state index contributed by atoms with van der Waals surface area (Å²) < 4.78 is 0. The van der Waals surface area contributed by atoms with E-state index in [0.717, 1.165) is 0 Å². The third-order valence-corrected chi connectivity index (χ3v) is 2.18. The third-order valence-electron chi connectivity index (χ3n) is 2.18. The normalized spacial score (nSPS) is 14.6. The lowest BCUT2D eigenvalue weighted by atomic mass is 9.88. The van der Waals surface area contributed by atoms with Gasteiger partial charge in [0.2, 0.25) is 5.91 Å². The van der Waals surface area contributed by atoms with Gasteiger partial charge in [-0.25, -0.2) is 0 Å². The first-order valence-corrected chi connectivity index (χ1v) is 4.55. The number of nitrogens with one attached hydrogen (secondary N) is 1. The van der Waals surface area contributed by atoms with Crippen molar-refractivity contribution in [3.63, 3.8) is 0 Å². The van der Waals surface area contributed by atoms with Crippen molar-refractivity contribution in [2.45, 2.75) is 47.6 Å². The van der Waals surface area contributed by atoms with Gasteiger partial charge in [-0.1, -0.05) is 34.6 Å². The van der Waals surface area contributed by atoms with Gasteiger partial charge in [-0.2, -0.15) is 0 Å². The van der Waals surface area contributed by atoms with Crippen LogP contribution in [0.2, 0.25) is 0 Å². The van der Waals surface area contributed by atoms with Crippen molar-refractivity contribution in [3.8, 4) is 0 Å². The quantitative estimate of drug-likeness (QED) is 0.678. The summed E-state index contributed by atoms with van der Waals surface area (Å²) in [5.74, 6) is 0.215. The smallest absolute Gasteiger partial charge is 0.222 e. The zero-order valence-electron chi connectivity index (χ0n) is 9.06. The Morgan fingerprint density at radius 1 is 1.17 bits per heavy atom. The van der Waals surface area contributed by atoms with E-state index in [1.807, 2.05) is 20.8 Å². The first-order chi connectivity index (χ1) is 5.25. The molecule has 2 heteroatoms. The Bertz CT molecular complexity index is 156. The molecule has 0 radical (unpaired) electrons. The fourth-order valence-electron chi connectivity index (χ4n) is 0.597. The Hall–Kier alpha value is -0.530. The molecule has 1 N–H and O–H groups in total. The van der Waals surface area contributed by atoms with Gasteiger partial charge in [0.1, 0.15) is 0 Å². The molecule has 0 aliphatic heterocycles. The van der Waals surface area contributed by atoms with Crippen LogP contribution in [0.5, 0.6) is 0 Å². The molecule has 0 heterocycles. The number of rotatable bonds is 2. The Labute approximate surface area is 75.7 Å². The van der Waals surface area contributed by atoms with Crippen LogP contribution < -0.4 is 5.32 Å². The van der Waals surface area contributed by atoms with Gasteiger partial charge in [0.25, 0.3) is 0 Å². The number of amides is 1. The van der Waals surface area contributed by atoms with Crippen molar-refractivity contribution in [3.05, 3.63) is 0 Å². The molecule has 0 saturated carbocycles. The lowest BCUT2D eigenvalue weighted by Crippen LogP contribution is -2.43. The highest BCUT2D eigenvalue weighted by atomic mass is 16.1. The molecule has 0 fully saturated rings. The molecule has 0 unspecified atom stereocenters. The second-order valence-electron chi connectivity index (χ2n) is 4.75. The Morgan fingerprint density at radius 3 is 1.83 bits per heavy atom. The first kappa shape index (κ1) is 11.5. The standard InChI is InChI=1S/C10H21NO/c1-7(2)9(12)11-8(3)10(4,5)6/h7-8H,1-6H3,(H,11,12)/t8-/m1/s1. The van der Waals surface area contributed by atoms with Gasteiger partial charge in [-0.3, -0.25) is 4.79 Å². The number of hydrogen-bond donors (Lipinski definition) is 1. The van der Waals surface area contributed by atoms with Crippen molar-refractivity contribution in [1.82, 2.24) is 5.32 Å². The van der Waals surface area contributed by atoms with E-state index in [4.69, 9.17) is 0 Å². The molecule has 0 saturated heterocycles. The SMILES string of the molecule is CC(C)C(=O)N[C@H](C)C(C)(C)C. The van der Waals surface area contributed by atoms with Gasteiger partial charge < -0.3 is 5.32 Å². The van der Waals surface area contributed by atoms with E-state index in [1.165, 1.54) is 0 Å². The van der Waals surface area contributed by atoms with Crippen LogP contribution in [0.3, 0.4) is 0 Å². The molecule has 0 bridgehead atoms. The Kier molecular flexibility index (Phi) is 3.75. The summed E-state index contributed by atoms with van der Waals surface area (Å²) in [5.41, 5.74) is 0.143. The van der Waals surface area contributed by atoms with E-state index in [1.54, 1.807) is 0 Å². The second kappa shape index (κ2) is 3.92. The van der Waals surface area contributed by atoms with Gasteiger partial charge in [-0.15, -0.1) is 0 Å². The van der Waals surface area contributed by atoms with E-state index in [2.05, 4.69) is 26.1 Å². The van der Waals surface area contributed by atoms with Crippen molar-refractivity contribution < 1.29 is 4.79 Å². The maximum absolute atomic E-state index is 11.3. The minimum Gasteiger partial charge on any atom is -0.353 e. The molecule has 0 spiro atoms. The molecule has 1 amide bonds. The second-order valence-corrected chi connectivity index (χ2v) is 4.75. The lowest BCUT2D eigenvalue weighted by molar-refractivity contribution is -0.125. The molecule has 0 rings (SSSR count). The van der Waals surface area contributed by atoms with E-state index in [-0.39, 0.29) is 23.3 Å². The van der Waals surface area contributed by atoms with Crippen molar-refractivity contribution in [2.24, 2.45) is 11.3 Å². The number of carbonyl (C=O) groups excluding carboxylic acids is 1. The van der Waals surface area contributed by atoms with Crippen LogP contribution in [0.1, 0.15) is 41.5 Å². The summed E-state index contributed by atoms with van der Waals surface area (Å²) in [5, 5.41) is 2.98. The van der Waals surface area contributed by atoms with Gasteiger partial charge in [0.15, 0.2) is 0 Å². The average molecular weight is 171 g/mol. The van der Waals surface area contributed by atoms with E-state index >= 15 is 0 Å². The third kappa shape index (κ3) is 3.74. The van der Waals surface area contributed by atoms with Crippen molar-refractivity contribution in [2.75, 3.05) is 0 Å². The Morgan fingerprint density at radius 2 is 1.58 bits per heavy atom. The minimum atomic E-state index is 0.0785. The highest BCUT2D eigenvalue weighted by molar-refractivity contribution is 5.78. The minimum absolute atomic E-state index is 0.0785. The summed E-state index contributed by atoms with van der Waals surface area (Å²) in [7, 11) is 0. The van der Waals surface area contributed by atoms with Gasteiger partial charge in [0, 0.05) is 12.0 Å². The largest absolute Gasteiger partial charge is 0.353 e. The summed E-state index contributed by atoms with van der Waals surface area (Å²) in [4.78, 5) is 11.3. The predicted octanol–water partition coefficient (Wildman–Crippen LogP) is 2.19. The fraction of sp³-hybridized carbons (Fsp3) is 0.900. The molecule has 12 heavy (non-hydrogen) atoms. The van der Waals surface area contributed by atoms with Crippen molar-refractivity contribution >= 4 is 5.91 Å². The molecule has 0 aliphatic rings. The number of hydrogen-bond acceptors (Lipinski definition) is 1. The lowest BCUT2D eigenvalue weighted by Gasteiger charge is -2.28. The molecule has 0 aromatic carbocycles. The molecule has 0 aromatic heterocycles. The monoisotopic (exact) mass is 171 g/mol. The molecule has 2 nitrogen and oxygen atoms in total. The zero-order chi connectivity index (χ0) is 9.94. The maximum atomic E-state index is 11.3. The van der Waals surface area contributed by atoms with Gasteiger partial charge in [-0.05, 0) is 12.3 Å². The van der Waals surface area contributed by atoms with Crippen LogP contribution >= 0.6 is 0 Å². The van der Waals surface area contributed by atoms with Gasteiger partial charge >= 0.3 is 0 Å². The summed E-state index contributed by atoms with van der Waals surface area (Å²) in [6, 6.07) is 0.229. The highest BCUT2D eigenvalue weighted by Gasteiger charge is 2.22. The van der Waals surface area contributed by atoms with E-state index < -0.39 is 0 Å². The van der Waals surface area contributed by atoms with Crippen LogP contribution in [-0.2, 0) is 4.79 Å². The summed E-state index contributed by atoms with van der Waals surface area (Å²) in [6.45, 7) is 12.2. The first-order valence-electron chi connectivity index (χ1n) is 4.55. The summed E-state index contributed by atoms with van der Waals surface area (Å²) >= 11 is 0. The molecule has 72 valence electrons. The van der Waals surface area contributed by atoms with Crippen molar-refractivity contribution in [1.29, 1.82) is 0 Å². The molecule has 0 aromatic rings. The van der Waals surface area contributed by atoms with Crippen LogP contribution in [-0.4, -0.2) is 11.9 Å². The van der Waals surface area contributed by atoms with Crippen LogP contribution in [0.25, 0.3) is 0 Å². The molecule has 0 aliphatic carbocycles. The summed E-state index contributed by atoms with van der Waals surface area (Å²) in [6.07, 6.45) is 0. The van der Waals surface area contributed by atoms with Gasteiger partial charge in [0.05, 0.1) is 0 Å². The van der Waals surface area contributed by atoms with E-state index in [0.29, 0.717) is 0 Å². The molecule has 1 atom stereocenters. The number of carbonyl (C=O) groups is 1. The van der Waals surface area contributed by atoms with Crippen LogP contribution in [0.4, 0.5) is 0 Å². The topological polar surface area (TPSA) is 29.1 Å². The molecular formula is C10H21NO. The molecular weight excluding hydrogens is 150 g/mol. The van der Waals surface area contributed by atoms with Crippen LogP contribution in [0, 0.1) is 11.3 Å². The average Bonchev–Trinajstić information content (AvgIpc) is 1.85. The predicted molar refractivity (Wildman–Crippen MR) is 51.9 cm³/mol. The maximum Gasteiger partial charge on any atom is 0.222 e. The zero-order valence-corrected chi connectivity index (χ0v) is 9.06. The van der Waals surface area contributed by atoms with Crippen LogP contribution in [0.15, 0.2) is 0 Å². The highest BCUT2D eigenvalue weighted by Crippen LogP contribution is 2.18.